The Bertz CT molecular complexity index is 336. The highest BCUT2D eigenvalue weighted by atomic mass is 32.1. The minimum atomic E-state index is -0.346. The highest BCUT2D eigenvalue weighted by Gasteiger charge is 1.99. The molecule has 0 spiro atoms. The Balaban J connectivity index is 2.28. The first-order valence-electron chi connectivity index (χ1n) is 4.23. The maximum atomic E-state index is 11.0. The van der Waals surface area contributed by atoms with Crippen molar-refractivity contribution in [1.82, 2.24) is 0 Å². The van der Waals surface area contributed by atoms with Crippen LogP contribution in [0.15, 0.2) is 35.7 Å². The van der Waals surface area contributed by atoms with Gasteiger partial charge in [0.2, 0.25) is 0 Å². The Morgan fingerprint density at radius 2 is 2.50 bits per heavy atom. The lowest BCUT2D eigenvalue weighted by molar-refractivity contribution is -0.137. The molecule has 0 saturated carbocycles. The Labute approximate surface area is 87.5 Å². The zero-order valence-corrected chi connectivity index (χ0v) is 8.84. The van der Waals surface area contributed by atoms with Crippen molar-refractivity contribution >= 4 is 23.4 Å². The molecule has 2 nitrogen and oxygen atoms in total. The molecule has 0 aliphatic carbocycles. The molecule has 0 saturated heterocycles. The van der Waals surface area contributed by atoms with E-state index in [2.05, 4.69) is 6.58 Å². The summed E-state index contributed by atoms with van der Waals surface area (Å²) in [5.74, 6) is -0.346. The Morgan fingerprint density at radius 3 is 3.07 bits per heavy atom. The van der Waals surface area contributed by atoms with Crippen LogP contribution in [0.1, 0.15) is 11.8 Å². The van der Waals surface area contributed by atoms with E-state index in [9.17, 15) is 4.79 Å². The van der Waals surface area contributed by atoms with E-state index < -0.39 is 0 Å². The number of carbonyl (C=O) groups excluding carboxylic acids is 1. The second-order valence-corrected chi connectivity index (χ2v) is 3.78. The molecule has 1 heterocycles. The number of ether oxygens (including phenoxy) is 1. The quantitative estimate of drug-likeness (QED) is 0.561. The van der Waals surface area contributed by atoms with Crippen LogP contribution in [0.25, 0.3) is 6.08 Å². The van der Waals surface area contributed by atoms with E-state index in [1.165, 1.54) is 0 Å². The Hall–Kier alpha value is -1.35. The fraction of sp³-hybridized carbons (Fsp3) is 0.182. The predicted molar refractivity (Wildman–Crippen MR) is 59.1 cm³/mol. The smallest absolute Gasteiger partial charge is 0.333 e. The molecule has 0 atom stereocenters. The fourth-order valence-electron chi connectivity index (χ4n) is 0.797. The van der Waals surface area contributed by atoms with Crippen LogP contribution in [0, 0.1) is 0 Å². The van der Waals surface area contributed by atoms with Crippen molar-refractivity contribution in [3.05, 3.63) is 40.6 Å². The molecule has 3 heteroatoms. The van der Waals surface area contributed by atoms with Gasteiger partial charge in [0.1, 0.15) is 6.61 Å². The highest BCUT2D eigenvalue weighted by molar-refractivity contribution is 7.10. The molecule has 0 N–H and O–H groups in total. The number of carbonyl (C=O) groups is 1. The van der Waals surface area contributed by atoms with Gasteiger partial charge in [0.05, 0.1) is 0 Å². The summed E-state index contributed by atoms with van der Waals surface area (Å²) in [5, 5.41) is 2.00. The maximum Gasteiger partial charge on any atom is 0.333 e. The van der Waals surface area contributed by atoms with Crippen molar-refractivity contribution in [3.63, 3.8) is 0 Å². The zero-order chi connectivity index (χ0) is 10.4. The van der Waals surface area contributed by atoms with Gasteiger partial charge in [-0.15, -0.1) is 11.3 Å². The van der Waals surface area contributed by atoms with Crippen molar-refractivity contribution in [2.24, 2.45) is 0 Å². The van der Waals surface area contributed by atoms with Crippen LogP contribution < -0.4 is 0 Å². The largest absolute Gasteiger partial charge is 0.458 e. The first-order valence-corrected chi connectivity index (χ1v) is 5.11. The van der Waals surface area contributed by atoms with Gasteiger partial charge >= 0.3 is 5.97 Å². The molecule has 1 rings (SSSR count). The van der Waals surface area contributed by atoms with E-state index in [1.54, 1.807) is 18.3 Å². The monoisotopic (exact) mass is 208 g/mol. The van der Waals surface area contributed by atoms with E-state index in [1.807, 2.05) is 29.7 Å². The van der Waals surface area contributed by atoms with Crippen molar-refractivity contribution in [2.45, 2.75) is 6.92 Å². The van der Waals surface area contributed by atoms with Gasteiger partial charge in [0, 0.05) is 10.5 Å². The van der Waals surface area contributed by atoms with Gasteiger partial charge in [-0.2, -0.15) is 0 Å². The summed E-state index contributed by atoms with van der Waals surface area (Å²) in [6.07, 6.45) is 3.74. The molecular weight excluding hydrogens is 196 g/mol. The molecule has 0 aliphatic heterocycles. The van der Waals surface area contributed by atoms with Gasteiger partial charge in [0.25, 0.3) is 0 Å². The van der Waals surface area contributed by atoms with E-state index >= 15 is 0 Å². The molecule has 0 aromatic carbocycles. The van der Waals surface area contributed by atoms with E-state index in [0.717, 1.165) is 4.88 Å². The summed E-state index contributed by atoms with van der Waals surface area (Å²) in [5.41, 5.74) is 0.425. The van der Waals surface area contributed by atoms with Gasteiger partial charge in [-0.25, -0.2) is 4.79 Å². The minimum Gasteiger partial charge on any atom is -0.458 e. The summed E-state index contributed by atoms with van der Waals surface area (Å²) in [4.78, 5) is 12.1. The number of esters is 1. The van der Waals surface area contributed by atoms with E-state index in [0.29, 0.717) is 12.2 Å². The highest BCUT2D eigenvalue weighted by Crippen LogP contribution is 2.09. The molecule has 1 aromatic rings. The normalized spacial score (nSPS) is 10.4. The van der Waals surface area contributed by atoms with Crippen molar-refractivity contribution < 1.29 is 9.53 Å². The van der Waals surface area contributed by atoms with Crippen LogP contribution in [-0.2, 0) is 9.53 Å². The van der Waals surface area contributed by atoms with E-state index in [4.69, 9.17) is 4.74 Å². The van der Waals surface area contributed by atoms with Crippen LogP contribution in [0.2, 0.25) is 0 Å². The van der Waals surface area contributed by atoms with Crippen LogP contribution in [-0.4, -0.2) is 12.6 Å². The molecule has 14 heavy (non-hydrogen) atoms. The van der Waals surface area contributed by atoms with Crippen molar-refractivity contribution in [3.8, 4) is 0 Å². The van der Waals surface area contributed by atoms with Gasteiger partial charge in [-0.3, -0.25) is 0 Å². The van der Waals surface area contributed by atoms with Gasteiger partial charge in [-0.05, 0) is 30.5 Å². The van der Waals surface area contributed by atoms with Crippen molar-refractivity contribution in [1.29, 1.82) is 0 Å². The zero-order valence-electron chi connectivity index (χ0n) is 8.03. The molecule has 0 radical (unpaired) electrons. The lowest BCUT2D eigenvalue weighted by Crippen LogP contribution is -2.04. The Kier molecular flexibility index (Phi) is 4.13. The summed E-state index contributed by atoms with van der Waals surface area (Å²) in [6.45, 7) is 5.41. The summed E-state index contributed by atoms with van der Waals surface area (Å²) in [7, 11) is 0. The molecule has 0 amide bonds. The third-order valence-corrected chi connectivity index (χ3v) is 2.32. The van der Waals surface area contributed by atoms with Crippen LogP contribution in [0.5, 0.6) is 0 Å². The first kappa shape index (κ1) is 10.7. The molecular formula is C11H12O2S. The molecule has 0 fully saturated rings. The SMILES string of the molecule is C=C(C)C(=O)OC/C=C/c1cccs1. The molecule has 0 bridgehead atoms. The maximum absolute atomic E-state index is 11.0. The van der Waals surface area contributed by atoms with Crippen molar-refractivity contribution in [2.75, 3.05) is 6.61 Å². The average molecular weight is 208 g/mol. The molecule has 0 aliphatic rings. The van der Waals surface area contributed by atoms with Gasteiger partial charge in [-0.1, -0.05) is 12.6 Å². The third kappa shape index (κ3) is 3.58. The number of thiophene rings is 1. The second kappa shape index (κ2) is 5.40. The predicted octanol–water partition coefficient (Wildman–Crippen LogP) is 2.88. The first-order chi connectivity index (χ1) is 6.70. The topological polar surface area (TPSA) is 26.3 Å². The van der Waals surface area contributed by atoms with Crippen LogP contribution in [0.4, 0.5) is 0 Å². The number of hydrogen-bond acceptors (Lipinski definition) is 3. The number of hydrogen-bond donors (Lipinski definition) is 0. The van der Waals surface area contributed by atoms with Crippen LogP contribution >= 0.6 is 11.3 Å². The molecule has 74 valence electrons. The number of rotatable bonds is 4. The van der Waals surface area contributed by atoms with Gasteiger partial charge < -0.3 is 4.74 Å². The summed E-state index contributed by atoms with van der Waals surface area (Å²) < 4.78 is 4.88. The minimum absolute atomic E-state index is 0.295. The second-order valence-electron chi connectivity index (χ2n) is 2.80. The molecule has 1 aromatic heterocycles. The van der Waals surface area contributed by atoms with E-state index in [-0.39, 0.29) is 5.97 Å². The standard InChI is InChI=1S/C11H12O2S/c1-9(2)11(12)13-7-3-5-10-6-4-8-14-10/h3-6,8H,1,7H2,2H3/b5-3+. The fourth-order valence-corrected chi connectivity index (χ4v) is 1.44. The van der Waals surface area contributed by atoms with Crippen LogP contribution in [0.3, 0.4) is 0 Å². The lowest BCUT2D eigenvalue weighted by Gasteiger charge is -1.98. The Morgan fingerprint density at radius 1 is 1.71 bits per heavy atom. The molecule has 0 unspecified atom stereocenters. The summed E-state index contributed by atoms with van der Waals surface area (Å²) in [6, 6.07) is 3.98. The van der Waals surface area contributed by atoms with Gasteiger partial charge in [0.15, 0.2) is 0 Å². The average Bonchev–Trinajstić information content (AvgIpc) is 2.64. The lowest BCUT2D eigenvalue weighted by atomic mass is 10.4. The third-order valence-electron chi connectivity index (χ3n) is 1.48. The summed E-state index contributed by atoms with van der Waals surface area (Å²) >= 11 is 1.64.